The monoisotopic (exact) mass is 301 g/mol. The van der Waals surface area contributed by atoms with Crippen molar-refractivity contribution in [1.82, 2.24) is 9.97 Å². The zero-order valence-electron chi connectivity index (χ0n) is 12.1. The minimum Gasteiger partial charge on any atom is -0.330 e. The Bertz CT molecular complexity index is 673. The van der Waals surface area contributed by atoms with Crippen LogP contribution in [0.2, 0.25) is 5.15 Å². The van der Waals surface area contributed by atoms with Crippen molar-refractivity contribution in [1.29, 1.82) is 0 Å². The van der Waals surface area contributed by atoms with Crippen LogP contribution in [0.25, 0.3) is 10.9 Å². The molecular weight excluding hydrogens is 282 g/mol. The van der Waals surface area contributed by atoms with Gasteiger partial charge in [-0.3, -0.25) is 0 Å². The summed E-state index contributed by atoms with van der Waals surface area (Å²) in [4.78, 5) is 9.05. The smallest absolute Gasteiger partial charge is 0.155 e. The number of hydrogen-bond donors (Lipinski definition) is 1. The number of halogens is 1. The van der Waals surface area contributed by atoms with Gasteiger partial charge in [-0.1, -0.05) is 17.7 Å². The van der Waals surface area contributed by atoms with Crippen molar-refractivity contribution in [3.63, 3.8) is 0 Å². The van der Waals surface area contributed by atoms with Gasteiger partial charge < -0.3 is 5.73 Å². The van der Waals surface area contributed by atoms with E-state index in [0.29, 0.717) is 10.6 Å². The van der Waals surface area contributed by atoms with Gasteiger partial charge in [0.25, 0.3) is 0 Å². The molecule has 3 saturated carbocycles. The van der Waals surface area contributed by atoms with Gasteiger partial charge >= 0.3 is 0 Å². The highest BCUT2D eigenvalue weighted by Gasteiger charge is 2.49. The number of nitrogens with two attached hydrogens (primary N) is 1. The van der Waals surface area contributed by atoms with Gasteiger partial charge in [0.15, 0.2) is 5.15 Å². The molecule has 2 N–H and O–H groups in total. The van der Waals surface area contributed by atoms with Crippen LogP contribution in [0.4, 0.5) is 0 Å². The van der Waals surface area contributed by atoms with Crippen molar-refractivity contribution in [2.24, 2.45) is 11.1 Å². The van der Waals surface area contributed by atoms with E-state index < -0.39 is 0 Å². The summed E-state index contributed by atoms with van der Waals surface area (Å²) < 4.78 is 0. The van der Waals surface area contributed by atoms with Crippen LogP contribution in [-0.2, 0) is 5.41 Å². The molecule has 2 aromatic rings. The van der Waals surface area contributed by atoms with Crippen molar-refractivity contribution in [3.8, 4) is 0 Å². The summed E-state index contributed by atoms with van der Waals surface area (Å²) in [7, 11) is 0. The summed E-state index contributed by atoms with van der Waals surface area (Å²) in [5, 5.41) is 1.58. The molecular formula is C17H20ClN3. The molecule has 0 radical (unpaired) electrons. The molecule has 3 aliphatic carbocycles. The Labute approximate surface area is 129 Å². The Balaban J connectivity index is 1.76. The zero-order chi connectivity index (χ0) is 14.5. The first-order chi connectivity index (χ1) is 10.2. The van der Waals surface area contributed by atoms with E-state index in [1.807, 2.05) is 6.07 Å². The van der Waals surface area contributed by atoms with Crippen LogP contribution in [0.3, 0.4) is 0 Å². The largest absolute Gasteiger partial charge is 0.330 e. The fourth-order valence-corrected chi connectivity index (χ4v) is 4.47. The molecule has 0 atom stereocenters. The molecule has 0 saturated heterocycles. The van der Waals surface area contributed by atoms with E-state index in [4.69, 9.17) is 22.3 Å². The van der Waals surface area contributed by atoms with Gasteiger partial charge in [-0.25, -0.2) is 9.97 Å². The third kappa shape index (κ3) is 1.98. The van der Waals surface area contributed by atoms with Crippen LogP contribution in [0.5, 0.6) is 0 Å². The molecule has 0 amide bonds. The minimum atomic E-state index is 0.240. The summed E-state index contributed by atoms with van der Waals surface area (Å²) in [6.07, 6.45) is 9.08. The van der Waals surface area contributed by atoms with Gasteiger partial charge in [0.2, 0.25) is 0 Å². The standard InChI is InChI=1S/C17H20ClN3/c18-15-14-12(3-10-20-15)1-2-13(21-14)17-7-4-16(11-19,5-8-17)6-9-17/h1-3,10H,4-9,11,19H2. The number of nitrogens with zero attached hydrogens (tertiary/aromatic N) is 2. The van der Waals surface area contributed by atoms with Crippen molar-refractivity contribution >= 4 is 22.5 Å². The first-order valence-electron chi connectivity index (χ1n) is 7.78. The first kappa shape index (κ1) is 13.5. The highest BCUT2D eigenvalue weighted by molar-refractivity contribution is 6.33. The Morgan fingerprint density at radius 3 is 2.43 bits per heavy atom. The Kier molecular flexibility index (Phi) is 2.98. The first-order valence-corrected chi connectivity index (χ1v) is 8.16. The van der Waals surface area contributed by atoms with E-state index in [-0.39, 0.29) is 5.41 Å². The number of fused-ring (bicyclic) bond motifs is 4. The molecule has 5 rings (SSSR count). The normalized spacial score (nSPS) is 31.7. The summed E-state index contributed by atoms with van der Waals surface area (Å²) in [6.45, 7) is 0.837. The van der Waals surface area contributed by atoms with Crippen LogP contribution >= 0.6 is 11.6 Å². The number of aromatic nitrogens is 2. The molecule has 3 fully saturated rings. The molecule has 2 aromatic heterocycles. The predicted molar refractivity (Wildman–Crippen MR) is 85.4 cm³/mol. The Morgan fingerprint density at radius 1 is 1.05 bits per heavy atom. The fourth-order valence-electron chi connectivity index (χ4n) is 4.26. The third-order valence-corrected chi connectivity index (χ3v) is 6.22. The van der Waals surface area contributed by atoms with E-state index in [1.165, 1.54) is 44.2 Å². The zero-order valence-corrected chi connectivity index (χ0v) is 12.9. The molecule has 2 heterocycles. The average Bonchev–Trinajstić information content (AvgIpc) is 2.57. The topological polar surface area (TPSA) is 51.8 Å². The molecule has 0 aliphatic heterocycles. The maximum atomic E-state index is 6.22. The molecule has 3 nitrogen and oxygen atoms in total. The van der Waals surface area contributed by atoms with Crippen LogP contribution < -0.4 is 5.73 Å². The molecule has 110 valence electrons. The van der Waals surface area contributed by atoms with Crippen molar-refractivity contribution in [3.05, 3.63) is 35.2 Å². The van der Waals surface area contributed by atoms with Crippen LogP contribution in [0.15, 0.2) is 24.4 Å². The molecule has 4 heteroatoms. The van der Waals surface area contributed by atoms with Crippen molar-refractivity contribution in [2.45, 2.75) is 43.9 Å². The van der Waals surface area contributed by atoms with E-state index in [1.54, 1.807) is 6.20 Å². The van der Waals surface area contributed by atoms with Gasteiger partial charge in [-0.05, 0) is 62.6 Å². The van der Waals surface area contributed by atoms with Crippen LogP contribution in [0.1, 0.15) is 44.2 Å². The lowest BCUT2D eigenvalue weighted by Gasteiger charge is -2.53. The highest BCUT2D eigenvalue weighted by Crippen LogP contribution is 2.57. The predicted octanol–water partition coefficient (Wildman–Crippen LogP) is 3.83. The maximum absolute atomic E-state index is 6.22. The molecule has 0 unspecified atom stereocenters. The van der Waals surface area contributed by atoms with E-state index in [2.05, 4.69) is 17.1 Å². The number of rotatable bonds is 2. The summed E-state index contributed by atoms with van der Waals surface area (Å²) in [6, 6.07) is 6.30. The van der Waals surface area contributed by atoms with E-state index in [9.17, 15) is 0 Å². The van der Waals surface area contributed by atoms with E-state index in [0.717, 1.165) is 17.4 Å². The van der Waals surface area contributed by atoms with Crippen molar-refractivity contribution < 1.29 is 0 Å². The average molecular weight is 302 g/mol. The SMILES string of the molecule is NCC12CCC(c3ccc4ccnc(Cl)c4n3)(CC1)CC2. The second kappa shape index (κ2) is 4.65. The highest BCUT2D eigenvalue weighted by atomic mass is 35.5. The Morgan fingerprint density at radius 2 is 1.76 bits per heavy atom. The second-order valence-corrected chi connectivity index (χ2v) is 7.21. The molecule has 21 heavy (non-hydrogen) atoms. The number of hydrogen-bond acceptors (Lipinski definition) is 3. The van der Waals surface area contributed by atoms with E-state index >= 15 is 0 Å². The van der Waals surface area contributed by atoms with Gasteiger partial charge in [-0.2, -0.15) is 0 Å². The van der Waals surface area contributed by atoms with Gasteiger partial charge in [0.1, 0.15) is 5.52 Å². The summed E-state index contributed by atoms with van der Waals surface area (Å²) in [5.74, 6) is 0. The van der Waals surface area contributed by atoms with Crippen LogP contribution in [-0.4, -0.2) is 16.5 Å². The lowest BCUT2D eigenvalue weighted by Crippen LogP contribution is -2.47. The number of pyridine rings is 2. The Hall–Kier alpha value is -1.19. The second-order valence-electron chi connectivity index (χ2n) is 6.85. The van der Waals surface area contributed by atoms with Crippen LogP contribution in [0, 0.1) is 5.41 Å². The lowest BCUT2D eigenvalue weighted by atomic mass is 9.53. The quantitative estimate of drug-likeness (QED) is 0.858. The lowest BCUT2D eigenvalue weighted by molar-refractivity contribution is 0.0451. The minimum absolute atomic E-state index is 0.240. The van der Waals surface area contributed by atoms with Gasteiger partial charge in [-0.15, -0.1) is 0 Å². The fraction of sp³-hybridized carbons (Fsp3) is 0.529. The van der Waals surface area contributed by atoms with Crippen molar-refractivity contribution in [2.75, 3.05) is 6.54 Å². The molecule has 0 spiro atoms. The van der Waals surface area contributed by atoms with Gasteiger partial charge in [0, 0.05) is 22.7 Å². The maximum Gasteiger partial charge on any atom is 0.155 e. The molecule has 2 bridgehead atoms. The third-order valence-electron chi connectivity index (χ3n) is 5.94. The summed E-state index contributed by atoms with van der Waals surface area (Å²) >= 11 is 6.22. The summed E-state index contributed by atoms with van der Waals surface area (Å²) in [5.41, 5.74) is 8.71. The molecule has 0 aromatic carbocycles. The molecule has 3 aliphatic rings. The van der Waals surface area contributed by atoms with Gasteiger partial charge in [0.05, 0.1) is 0 Å².